The third-order valence-electron chi connectivity index (χ3n) is 3.46. The van der Waals surface area contributed by atoms with Gasteiger partial charge in [0.2, 0.25) is 0 Å². The SMILES string of the molecule is COC(=O)c1ccc(CN2C[C@@H](C)S(=O)[C@H](C)C2)nc1. The van der Waals surface area contributed by atoms with Crippen LogP contribution in [0.5, 0.6) is 0 Å². The van der Waals surface area contributed by atoms with E-state index < -0.39 is 10.8 Å². The Balaban J connectivity index is 2.00. The lowest BCUT2D eigenvalue weighted by Gasteiger charge is -2.34. The number of carbonyl (C=O) groups excluding carboxylic acids is 1. The summed E-state index contributed by atoms with van der Waals surface area (Å²) in [5, 5.41) is 0.376. The Labute approximate surface area is 121 Å². The van der Waals surface area contributed by atoms with Crippen molar-refractivity contribution in [2.24, 2.45) is 0 Å². The molecule has 0 radical (unpaired) electrons. The van der Waals surface area contributed by atoms with Crippen molar-refractivity contribution < 1.29 is 13.7 Å². The summed E-state index contributed by atoms with van der Waals surface area (Å²) >= 11 is 0. The summed E-state index contributed by atoms with van der Waals surface area (Å²) in [6, 6.07) is 3.57. The molecule has 2 heterocycles. The molecule has 6 heteroatoms. The summed E-state index contributed by atoms with van der Waals surface area (Å²) in [7, 11) is 0.611. The van der Waals surface area contributed by atoms with Crippen LogP contribution in [-0.2, 0) is 22.1 Å². The van der Waals surface area contributed by atoms with Crippen LogP contribution in [0.25, 0.3) is 0 Å². The van der Waals surface area contributed by atoms with E-state index in [2.05, 4.69) is 14.6 Å². The average Bonchev–Trinajstić information content (AvgIpc) is 2.44. The first-order chi connectivity index (χ1) is 9.51. The fourth-order valence-electron chi connectivity index (χ4n) is 2.46. The van der Waals surface area contributed by atoms with E-state index in [0.717, 1.165) is 18.8 Å². The zero-order chi connectivity index (χ0) is 14.7. The van der Waals surface area contributed by atoms with Crippen molar-refractivity contribution in [2.75, 3.05) is 20.2 Å². The minimum atomic E-state index is -0.743. The highest BCUT2D eigenvalue weighted by Gasteiger charge is 2.28. The van der Waals surface area contributed by atoms with Crippen LogP contribution in [0.4, 0.5) is 0 Å². The van der Waals surface area contributed by atoms with Gasteiger partial charge in [-0.2, -0.15) is 0 Å². The molecule has 1 aliphatic heterocycles. The lowest BCUT2D eigenvalue weighted by molar-refractivity contribution is 0.0600. The first-order valence-corrected chi connectivity index (χ1v) is 7.94. The van der Waals surface area contributed by atoms with Gasteiger partial charge in [0.15, 0.2) is 0 Å². The summed E-state index contributed by atoms with van der Waals surface area (Å²) in [5.74, 6) is -0.375. The van der Waals surface area contributed by atoms with Gasteiger partial charge in [0.25, 0.3) is 0 Å². The minimum Gasteiger partial charge on any atom is -0.465 e. The maximum Gasteiger partial charge on any atom is 0.339 e. The molecule has 0 bridgehead atoms. The molecule has 0 saturated carbocycles. The number of ether oxygens (including phenoxy) is 1. The zero-order valence-electron chi connectivity index (χ0n) is 12.0. The summed E-state index contributed by atoms with van der Waals surface area (Å²) in [6.45, 7) is 6.39. The molecule has 1 aromatic heterocycles. The highest BCUT2D eigenvalue weighted by atomic mass is 32.2. The van der Waals surface area contributed by atoms with E-state index >= 15 is 0 Å². The van der Waals surface area contributed by atoms with Gasteiger partial charge in [0.1, 0.15) is 0 Å². The highest BCUT2D eigenvalue weighted by molar-refractivity contribution is 7.86. The largest absolute Gasteiger partial charge is 0.465 e. The van der Waals surface area contributed by atoms with Crippen LogP contribution in [0.3, 0.4) is 0 Å². The summed E-state index contributed by atoms with van der Waals surface area (Å²) < 4.78 is 16.5. The molecule has 0 aliphatic carbocycles. The standard InChI is InChI=1S/C14H20N2O3S/c1-10-7-16(8-11(2)20(10)18)9-13-5-4-12(6-15-13)14(17)19-3/h4-6,10-11H,7-9H2,1-3H3/t10-,11-/m1/s1. The van der Waals surface area contributed by atoms with Gasteiger partial charge in [-0.1, -0.05) is 0 Å². The van der Waals surface area contributed by atoms with Crippen molar-refractivity contribution in [3.63, 3.8) is 0 Å². The number of methoxy groups -OCH3 is 1. The van der Waals surface area contributed by atoms with Crippen molar-refractivity contribution in [1.29, 1.82) is 0 Å². The third-order valence-corrected chi connectivity index (χ3v) is 5.34. The lowest BCUT2D eigenvalue weighted by atomic mass is 10.2. The van der Waals surface area contributed by atoms with Gasteiger partial charge in [-0.15, -0.1) is 0 Å². The number of hydrogen-bond acceptors (Lipinski definition) is 5. The van der Waals surface area contributed by atoms with Gasteiger partial charge in [-0.3, -0.25) is 14.1 Å². The maximum absolute atomic E-state index is 11.9. The fraction of sp³-hybridized carbons (Fsp3) is 0.571. The van der Waals surface area contributed by atoms with Crippen LogP contribution in [0.15, 0.2) is 18.3 Å². The van der Waals surface area contributed by atoms with E-state index in [-0.39, 0.29) is 16.5 Å². The Morgan fingerprint density at radius 1 is 1.40 bits per heavy atom. The number of hydrogen-bond donors (Lipinski definition) is 0. The molecular weight excluding hydrogens is 276 g/mol. The predicted octanol–water partition coefficient (Wildman–Crippen LogP) is 1.21. The first kappa shape index (κ1) is 15.1. The molecule has 1 aromatic rings. The molecule has 0 spiro atoms. The molecule has 5 nitrogen and oxygen atoms in total. The van der Waals surface area contributed by atoms with Crippen molar-refractivity contribution >= 4 is 16.8 Å². The van der Waals surface area contributed by atoms with Gasteiger partial charge in [0.05, 0.1) is 18.4 Å². The molecule has 0 N–H and O–H groups in total. The second kappa shape index (κ2) is 6.45. The van der Waals surface area contributed by atoms with E-state index in [1.807, 2.05) is 19.9 Å². The molecule has 0 aromatic carbocycles. The van der Waals surface area contributed by atoms with E-state index in [9.17, 15) is 9.00 Å². The summed E-state index contributed by atoms with van der Waals surface area (Å²) in [4.78, 5) is 17.9. The number of rotatable bonds is 3. The smallest absolute Gasteiger partial charge is 0.339 e. The minimum absolute atomic E-state index is 0.188. The summed E-state index contributed by atoms with van der Waals surface area (Å²) in [5.41, 5.74) is 1.36. The second-order valence-corrected chi connectivity index (χ2v) is 7.44. The Morgan fingerprint density at radius 3 is 2.55 bits per heavy atom. The topological polar surface area (TPSA) is 59.5 Å². The van der Waals surface area contributed by atoms with Crippen molar-refractivity contribution in [3.8, 4) is 0 Å². The highest BCUT2D eigenvalue weighted by Crippen LogP contribution is 2.16. The predicted molar refractivity (Wildman–Crippen MR) is 77.9 cm³/mol. The van der Waals surface area contributed by atoms with E-state index in [1.165, 1.54) is 13.3 Å². The van der Waals surface area contributed by atoms with Crippen LogP contribution < -0.4 is 0 Å². The number of nitrogens with zero attached hydrogens (tertiary/aromatic N) is 2. The van der Waals surface area contributed by atoms with E-state index in [0.29, 0.717) is 12.1 Å². The average molecular weight is 296 g/mol. The van der Waals surface area contributed by atoms with Crippen molar-refractivity contribution in [2.45, 2.75) is 30.9 Å². The molecule has 1 saturated heterocycles. The Morgan fingerprint density at radius 2 is 2.05 bits per heavy atom. The van der Waals surface area contributed by atoms with Crippen molar-refractivity contribution in [3.05, 3.63) is 29.6 Å². The molecular formula is C14H20N2O3S. The third kappa shape index (κ3) is 3.43. The lowest BCUT2D eigenvalue weighted by Crippen LogP contribution is -2.46. The zero-order valence-corrected chi connectivity index (χ0v) is 12.9. The Hall–Kier alpha value is -1.27. The van der Waals surface area contributed by atoms with Crippen LogP contribution >= 0.6 is 0 Å². The molecule has 0 unspecified atom stereocenters. The first-order valence-electron chi connectivity index (χ1n) is 6.66. The number of esters is 1. The molecule has 20 heavy (non-hydrogen) atoms. The Kier molecular flexibility index (Phi) is 4.88. The second-order valence-electron chi connectivity index (χ2n) is 5.17. The molecule has 1 fully saturated rings. The fourth-order valence-corrected chi connectivity index (χ4v) is 3.97. The molecule has 2 rings (SSSR count). The summed E-state index contributed by atoms with van der Waals surface area (Å²) in [6.07, 6.45) is 1.54. The van der Waals surface area contributed by atoms with Gasteiger partial charge < -0.3 is 4.74 Å². The van der Waals surface area contributed by atoms with Crippen LogP contribution in [0, 0.1) is 0 Å². The van der Waals surface area contributed by atoms with Gasteiger partial charge in [-0.05, 0) is 26.0 Å². The van der Waals surface area contributed by atoms with Crippen LogP contribution in [0.1, 0.15) is 29.9 Å². The quantitative estimate of drug-likeness (QED) is 0.785. The van der Waals surface area contributed by atoms with Gasteiger partial charge in [0, 0.05) is 47.1 Å². The van der Waals surface area contributed by atoms with E-state index in [1.54, 1.807) is 6.07 Å². The monoisotopic (exact) mass is 296 g/mol. The maximum atomic E-state index is 11.9. The number of aromatic nitrogens is 1. The van der Waals surface area contributed by atoms with Crippen LogP contribution in [0.2, 0.25) is 0 Å². The van der Waals surface area contributed by atoms with E-state index in [4.69, 9.17) is 0 Å². The molecule has 2 atom stereocenters. The van der Waals surface area contributed by atoms with Crippen LogP contribution in [-0.4, -0.2) is 50.8 Å². The van der Waals surface area contributed by atoms with Gasteiger partial charge >= 0.3 is 5.97 Å². The number of carbonyl (C=O) groups is 1. The van der Waals surface area contributed by atoms with Gasteiger partial charge in [-0.25, -0.2) is 4.79 Å². The molecule has 110 valence electrons. The molecule has 0 amide bonds. The Bertz CT molecular complexity index is 490. The normalized spacial score (nSPS) is 24.6. The van der Waals surface area contributed by atoms with Crippen molar-refractivity contribution in [1.82, 2.24) is 9.88 Å². The molecule has 1 aliphatic rings. The number of pyridine rings is 1.